The number of aromatic nitrogens is 1. The number of ether oxygens (including phenoxy) is 1. The van der Waals surface area contributed by atoms with Crippen LogP contribution in [-0.4, -0.2) is 17.5 Å². The smallest absolute Gasteiger partial charge is 0.387 e. The zero-order valence-electron chi connectivity index (χ0n) is 7.71. The Morgan fingerprint density at radius 1 is 1.47 bits per heavy atom. The lowest BCUT2D eigenvalue weighted by atomic mass is 10.3. The van der Waals surface area contributed by atoms with Gasteiger partial charge in [-0.2, -0.15) is 8.78 Å². The van der Waals surface area contributed by atoms with E-state index in [9.17, 15) is 8.78 Å². The van der Waals surface area contributed by atoms with Gasteiger partial charge >= 0.3 is 6.61 Å². The van der Waals surface area contributed by atoms with Gasteiger partial charge in [0.05, 0.1) is 6.20 Å². The SMILES string of the molecule is FC(F)Oc1cncc(C#CCCCl)c1. The van der Waals surface area contributed by atoms with Crippen molar-refractivity contribution in [3.63, 3.8) is 0 Å². The van der Waals surface area contributed by atoms with E-state index < -0.39 is 6.61 Å². The van der Waals surface area contributed by atoms with Crippen molar-refractivity contribution in [2.75, 3.05) is 5.88 Å². The fourth-order valence-corrected chi connectivity index (χ4v) is 0.961. The van der Waals surface area contributed by atoms with Crippen molar-refractivity contribution in [3.05, 3.63) is 24.0 Å². The highest BCUT2D eigenvalue weighted by Crippen LogP contribution is 2.13. The molecule has 0 spiro atoms. The third kappa shape index (κ3) is 4.61. The minimum absolute atomic E-state index is 0.00248. The molecule has 0 aromatic carbocycles. The Labute approximate surface area is 91.2 Å². The molecule has 0 amide bonds. The Hall–Kier alpha value is -1.34. The van der Waals surface area contributed by atoms with E-state index in [1.807, 2.05) is 0 Å². The van der Waals surface area contributed by atoms with Gasteiger partial charge in [-0.05, 0) is 6.07 Å². The lowest BCUT2D eigenvalue weighted by Gasteiger charge is -2.02. The molecule has 0 aliphatic rings. The van der Waals surface area contributed by atoms with Crippen LogP contribution in [0.25, 0.3) is 0 Å². The fourth-order valence-electron chi connectivity index (χ4n) is 0.866. The van der Waals surface area contributed by atoms with Gasteiger partial charge in [-0.25, -0.2) is 0 Å². The van der Waals surface area contributed by atoms with Gasteiger partial charge in [0, 0.05) is 24.1 Å². The first-order valence-corrected chi connectivity index (χ1v) is 4.70. The molecule has 0 N–H and O–H groups in total. The topological polar surface area (TPSA) is 22.1 Å². The van der Waals surface area contributed by atoms with Crippen molar-refractivity contribution in [1.29, 1.82) is 0 Å². The Balaban J connectivity index is 2.71. The first kappa shape index (κ1) is 11.7. The number of hydrogen-bond acceptors (Lipinski definition) is 2. The summed E-state index contributed by atoms with van der Waals surface area (Å²) in [5.74, 6) is 5.94. The molecule has 0 fully saturated rings. The van der Waals surface area contributed by atoms with Crippen molar-refractivity contribution in [2.24, 2.45) is 0 Å². The summed E-state index contributed by atoms with van der Waals surface area (Å²) in [6.07, 6.45) is 3.22. The minimum atomic E-state index is -2.85. The van der Waals surface area contributed by atoms with Crippen LogP contribution in [0.4, 0.5) is 8.78 Å². The van der Waals surface area contributed by atoms with Crippen molar-refractivity contribution in [3.8, 4) is 17.6 Å². The zero-order valence-corrected chi connectivity index (χ0v) is 8.47. The van der Waals surface area contributed by atoms with Crippen LogP contribution in [0.5, 0.6) is 5.75 Å². The van der Waals surface area contributed by atoms with Crippen LogP contribution in [0.2, 0.25) is 0 Å². The summed E-state index contributed by atoms with van der Waals surface area (Å²) in [6, 6.07) is 1.40. The van der Waals surface area contributed by atoms with Crippen LogP contribution in [-0.2, 0) is 0 Å². The molecule has 5 heteroatoms. The summed E-state index contributed by atoms with van der Waals surface area (Å²) in [5, 5.41) is 0. The van der Waals surface area contributed by atoms with Crippen LogP contribution in [0, 0.1) is 11.8 Å². The number of pyridine rings is 1. The van der Waals surface area contributed by atoms with Crippen molar-refractivity contribution < 1.29 is 13.5 Å². The maximum absolute atomic E-state index is 11.9. The van der Waals surface area contributed by atoms with E-state index in [4.69, 9.17) is 11.6 Å². The van der Waals surface area contributed by atoms with E-state index in [1.54, 1.807) is 0 Å². The minimum Gasteiger partial charge on any atom is -0.433 e. The molecule has 0 saturated heterocycles. The van der Waals surface area contributed by atoms with E-state index in [0.29, 0.717) is 17.9 Å². The molecule has 0 aliphatic heterocycles. The molecule has 2 nitrogen and oxygen atoms in total. The quantitative estimate of drug-likeness (QED) is 0.589. The molecule has 1 heterocycles. The Morgan fingerprint density at radius 3 is 2.93 bits per heavy atom. The predicted molar refractivity (Wildman–Crippen MR) is 53.1 cm³/mol. The van der Waals surface area contributed by atoms with Crippen LogP contribution in [0.3, 0.4) is 0 Å². The van der Waals surface area contributed by atoms with E-state index in [-0.39, 0.29) is 5.75 Å². The molecule has 0 aliphatic carbocycles. The second-order valence-corrected chi connectivity index (χ2v) is 2.91. The van der Waals surface area contributed by atoms with Gasteiger partial charge in [-0.15, -0.1) is 11.6 Å². The molecule has 0 unspecified atom stereocenters. The highest BCUT2D eigenvalue weighted by molar-refractivity contribution is 6.18. The average Bonchev–Trinajstić information content (AvgIpc) is 2.18. The third-order valence-electron chi connectivity index (χ3n) is 1.39. The van der Waals surface area contributed by atoms with Crippen LogP contribution >= 0.6 is 11.6 Å². The number of rotatable bonds is 3. The Bertz CT molecular complexity index is 373. The molecule has 15 heavy (non-hydrogen) atoms. The lowest BCUT2D eigenvalue weighted by Crippen LogP contribution is -2.02. The second-order valence-electron chi connectivity index (χ2n) is 2.53. The number of halogens is 3. The van der Waals surface area contributed by atoms with Crippen LogP contribution in [0.1, 0.15) is 12.0 Å². The van der Waals surface area contributed by atoms with E-state index in [2.05, 4.69) is 21.6 Å². The second kappa shape index (κ2) is 6.20. The molecule has 80 valence electrons. The summed E-state index contributed by atoms with van der Waals surface area (Å²) in [4.78, 5) is 3.72. The first-order chi connectivity index (χ1) is 7.22. The lowest BCUT2D eigenvalue weighted by molar-refractivity contribution is -0.0500. The molecule has 0 saturated carbocycles. The van der Waals surface area contributed by atoms with E-state index in [0.717, 1.165) is 0 Å². The monoisotopic (exact) mass is 231 g/mol. The van der Waals surface area contributed by atoms with Crippen molar-refractivity contribution in [1.82, 2.24) is 4.98 Å². The molecule has 1 aromatic heterocycles. The molecule has 1 rings (SSSR count). The molecular weight excluding hydrogens is 224 g/mol. The molecule has 0 radical (unpaired) electrons. The summed E-state index contributed by atoms with van der Waals surface area (Å²) in [7, 11) is 0. The van der Waals surface area contributed by atoms with Gasteiger partial charge in [0.25, 0.3) is 0 Å². The highest BCUT2D eigenvalue weighted by atomic mass is 35.5. The van der Waals surface area contributed by atoms with Crippen molar-refractivity contribution in [2.45, 2.75) is 13.0 Å². The summed E-state index contributed by atoms with van der Waals surface area (Å²) >= 11 is 5.43. The standard InChI is InChI=1S/C10H8ClF2NO/c11-4-2-1-3-8-5-9(7-14-6-8)15-10(12)13/h5-7,10H,2,4H2. The van der Waals surface area contributed by atoms with Gasteiger partial charge in [-0.3, -0.25) is 4.98 Å². The Kier molecular flexibility index (Phi) is 4.85. The van der Waals surface area contributed by atoms with Gasteiger partial charge in [0.15, 0.2) is 0 Å². The molecule has 1 aromatic rings. The normalized spacial score (nSPS) is 9.60. The van der Waals surface area contributed by atoms with Crippen molar-refractivity contribution >= 4 is 11.6 Å². The summed E-state index contributed by atoms with van der Waals surface area (Å²) in [6.45, 7) is -2.85. The molecular formula is C10H8ClF2NO. The van der Waals surface area contributed by atoms with E-state index >= 15 is 0 Å². The Morgan fingerprint density at radius 2 is 2.27 bits per heavy atom. The summed E-state index contributed by atoms with van der Waals surface area (Å²) < 4.78 is 27.9. The number of hydrogen-bond donors (Lipinski definition) is 0. The summed E-state index contributed by atoms with van der Waals surface area (Å²) in [5.41, 5.74) is 0.526. The van der Waals surface area contributed by atoms with E-state index in [1.165, 1.54) is 18.5 Å². The van der Waals surface area contributed by atoms with Crippen LogP contribution in [0.15, 0.2) is 18.5 Å². The van der Waals surface area contributed by atoms with Gasteiger partial charge in [0.1, 0.15) is 5.75 Å². The fraction of sp³-hybridized carbons (Fsp3) is 0.300. The maximum atomic E-state index is 11.9. The number of alkyl halides is 3. The zero-order chi connectivity index (χ0) is 11.1. The molecule has 0 atom stereocenters. The maximum Gasteiger partial charge on any atom is 0.387 e. The van der Waals surface area contributed by atoms with Gasteiger partial charge in [0.2, 0.25) is 0 Å². The average molecular weight is 232 g/mol. The van der Waals surface area contributed by atoms with Crippen LogP contribution < -0.4 is 4.74 Å². The predicted octanol–water partition coefficient (Wildman–Crippen LogP) is 2.66. The van der Waals surface area contributed by atoms with Gasteiger partial charge < -0.3 is 4.74 Å². The first-order valence-electron chi connectivity index (χ1n) is 4.17. The molecule has 0 bridgehead atoms. The number of nitrogens with zero attached hydrogens (tertiary/aromatic N) is 1. The highest BCUT2D eigenvalue weighted by Gasteiger charge is 2.04. The van der Waals surface area contributed by atoms with Gasteiger partial charge in [-0.1, -0.05) is 11.8 Å². The largest absolute Gasteiger partial charge is 0.433 e. The third-order valence-corrected chi connectivity index (χ3v) is 1.58.